The largest absolute Gasteiger partial charge is 0.489 e. The molecule has 0 amide bonds. The zero-order valence-electron chi connectivity index (χ0n) is 11.7. The predicted molar refractivity (Wildman–Crippen MR) is 80.8 cm³/mol. The lowest BCUT2D eigenvalue weighted by molar-refractivity contribution is 0.135. The van der Waals surface area contributed by atoms with Crippen molar-refractivity contribution >= 4 is 11.6 Å². The maximum Gasteiger partial charge on any atom is 0.135 e. The van der Waals surface area contributed by atoms with Crippen molar-refractivity contribution in [2.24, 2.45) is 5.92 Å². The van der Waals surface area contributed by atoms with Crippen LogP contribution in [0.5, 0.6) is 5.75 Å². The number of hydrogen-bond acceptors (Lipinski definition) is 1. The van der Waals surface area contributed by atoms with Crippen LogP contribution in [0.4, 0.5) is 0 Å². The maximum absolute atomic E-state index is 6.14. The standard InChI is InChI=1S/C17H21ClO/c1-13-5-8-16(9-6-13)19-17-10-7-14(2)12-15(17)4-3-11-18/h7,10,12-13,16H,5-6,8-9,11H2,1-2H3. The van der Waals surface area contributed by atoms with Gasteiger partial charge in [0.15, 0.2) is 0 Å². The first-order chi connectivity index (χ1) is 9.19. The van der Waals surface area contributed by atoms with E-state index >= 15 is 0 Å². The van der Waals surface area contributed by atoms with Gasteiger partial charge in [-0.2, -0.15) is 0 Å². The van der Waals surface area contributed by atoms with Gasteiger partial charge >= 0.3 is 0 Å². The van der Waals surface area contributed by atoms with E-state index in [-0.39, 0.29) is 0 Å². The molecule has 1 nitrogen and oxygen atoms in total. The van der Waals surface area contributed by atoms with E-state index in [9.17, 15) is 0 Å². The second-order valence-corrected chi connectivity index (χ2v) is 5.70. The van der Waals surface area contributed by atoms with E-state index in [1.165, 1.54) is 18.4 Å². The summed E-state index contributed by atoms with van der Waals surface area (Å²) >= 11 is 5.64. The van der Waals surface area contributed by atoms with Crippen LogP contribution in [-0.2, 0) is 0 Å². The van der Waals surface area contributed by atoms with Crippen LogP contribution in [-0.4, -0.2) is 12.0 Å². The van der Waals surface area contributed by atoms with Crippen molar-refractivity contribution in [1.29, 1.82) is 0 Å². The summed E-state index contributed by atoms with van der Waals surface area (Å²) in [5, 5.41) is 0. The molecule has 0 aromatic heterocycles. The summed E-state index contributed by atoms with van der Waals surface area (Å²) in [4.78, 5) is 0. The van der Waals surface area contributed by atoms with Crippen LogP contribution < -0.4 is 4.74 Å². The third-order valence-corrected chi connectivity index (χ3v) is 3.82. The molecule has 1 aliphatic rings. The van der Waals surface area contributed by atoms with Crippen molar-refractivity contribution in [2.75, 3.05) is 5.88 Å². The first-order valence-corrected chi connectivity index (χ1v) is 7.54. The summed E-state index contributed by atoms with van der Waals surface area (Å²) in [6, 6.07) is 6.18. The molecule has 1 fully saturated rings. The number of aryl methyl sites for hydroxylation is 1. The van der Waals surface area contributed by atoms with E-state index in [4.69, 9.17) is 16.3 Å². The number of rotatable bonds is 2. The van der Waals surface area contributed by atoms with Crippen molar-refractivity contribution in [3.63, 3.8) is 0 Å². The van der Waals surface area contributed by atoms with Crippen LogP contribution in [0.15, 0.2) is 18.2 Å². The lowest BCUT2D eigenvalue weighted by atomic mass is 9.89. The van der Waals surface area contributed by atoms with E-state index in [2.05, 4.69) is 37.8 Å². The van der Waals surface area contributed by atoms with Crippen molar-refractivity contribution < 1.29 is 4.74 Å². The molecule has 0 saturated heterocycles. The summed E-state index contributed by atoms with van der Waals surface area (Å²) in [5.74, 6) is 8.11. The van der Waals surface area contributed by atoms with Crippen molar-refractivity contribution in [3.8, 4) is 17.6 Å². The molecular formula is C17H21ClO. The van der Waals surface area contributed by atoms with Crippen molar-refractivity contribution in [2.45, 2.75) is 45.6 Å². The molecule has 0 unspecified atom stereocenters. The highest BCUT2D eigenvalue weighted by Crippen LogP contribution is 2.29. The molecule has 102 valence electrons. The van der Waals surface area contributed by atoms with Crippen molar-refractivity contribution in [3.05, 3.63) is 29.3 Å². The molecule has 2 heteroatoms. The first-order valence-electron chi connectivity index (χ1n) is 7.01. The molecule has 0 bridgehead atoms. The van der Waals surface area contributed by atoms with Crippen LogP contribution >= 0.6 is 11.6 Å². The Morgan fingerprint density at radius 3 is 2.68 bits per heavy atom. The summed E-state index contributed by atoms with van der Waals surface area (Å²) in [5.41, 5.74) is 2.16. The third kappa shape index (κ3) is 4.18. The summed E-state index contributed by atoms with van der Waals surface area (Å²) in [7, 11) is 0. The zero-order chi connectivity index (χ0) is 13.7. The Morgan fingerprint density at radius 2 is 2.00 bits per heavy atom. The molecule has 0 spiro atoms. The molecule has 1 saturated carbocycles. The Morgan fingerprint density at radius 1 is 1.26 bits per heavy atom. The lowest BCUT2D eigenvalue weighted by Crippen LogP contribution is -2.23. The molecule has 0 radical (unpaired) electrons. The number of alkyl halides is 1. The van der Waals surface area contributed by atoms with Gasteiger partial charge in [-0.05, 0) is 56.2 Å². The van der Waals surface area contributed by atoms with Gasteiger partial charge in [0.25, 0.3) is 0 Å². The minimum absolute atomic E-state index is 0.343. The Balaban J connectivity index is 2.10. The second-order valence-electron chi connectivity index (χ2n) is 5.43. The number of halogens is 1. The molecule has 1 aromatic carbocycles. The van der Waals surface area contributed by atoms with Crippen LogP contribution in [0.25, 0.3) is 0 Å². The molecule has 0 heterocycles. The smallest absolute Gasteiger partial charge is 0.135 e. The predicted octanol–water partition coefficient (Wildman–Crippen LogP) is 4.54. The number of ether oxygens (including phenoxy) is 1. The van der Waals surface area contributed by atoms with E-state index in [0.717, 1.165) is 30.1 Å². The average Bonchev–Trinajstić information content (AvgIpc) is 2.41. The molecule has 1 aromatic rings. The van der Waals surface area contributed by atoms with Gasteiger partial charge < -0.3 is 4.74 Å². The van der Waals surface area contributed by atoms with Crippen LogP contribution in [0.3, 0.4) is 0 Å². The van der Waals surface area contributed by atoms with E-state index < -0.39 is 0 Å². The van der Waals surface area contributed by atoms with Gasteiger partial charge in [0.05, 0.1) is 17.5 Å². The number of benzene rings is 1. The molecule has 1 aliphatic carbocycles. The fraction of sp³-hybridized carbons (Fsp3) is 0.529. The van der Waals surface area contributed by atoms with Crippen LogP contribution in [0.1, 0.15) is 43.7 Å². The van der Waals surface area contributed by atoms with E-state index in [1.807, 2.05) is 6.07 Å². The maximum atomic E-state index is 6.14. The second kappa shape index (κ2) is 6.87. The summed E-state index contributed by atoms with van der Waals surface area (Å²) < 4.78 is 6.14. The minimum Gasteiger partial charge on any atom is -0.489 e. The summed E-state index contributed by atoms with van der Waals surface area (Å²) in [6.07, 6.45) is 5.17. The third-order valence-electron chi connectivity index (χ3n) is 3.68. The van der Waals surface area contributed by atoms with E-state index in [1.54, 1.807) is 0 Å². The van der Waals surface area contributed by atoms with Gasteiger partial charge in [0.1, 0.15) is 5.75 Å². The molecule has 0 atom stereocenters. The fourth-order valence-corrected chi connectivity index (χ4v) is 2.57. The van der Waals surface area contributed by atoms with Gasteiger partial charge in [-0.3, -0.25) is 0 Å². The van der Waals surface area contributed by atoms with Gasteiger partial charge in [0.2, 0.25) is 0 Å². The highest BCUT2D eigenvalue weighted by molar-refractivity contribution is 6.19. The zero-order valence-corrected chi connectivity index (χ0v) is 12.5. The SMILES string of the molecule is Cc1ccc(OC2CCC(C)CC2)c(C#CCCl)c1. The van der Waals surface area contributed by atoms with Gasteiger partial charge in [-0.15, -0.1) is 11.6 Å². The Labute approximate surface area is 121 Å². The normalized spacial score (nSPS) is 22.5. The first kappa shape index (κ1) is 14.3. The average molecular weight is 277 g/mol. The molecule has 2 rings (SSSR count). The highest BCUT2D eigenvalue weighted by Gasteiger charge is 2.20. The topological polar surface area (TPSA) is 9.23 Å². The van der Waals surface area contributed by atoms with Crippen molar-refractivity contribution in [1.82, 2.24) is 0 Å². The number of hydrogen-bond donors (Lipinski definition) is 0. The Kier molecular flexibility index (Phi) is 5.16. The van der Waals surface area contributed by atoms with Crippen LogP contribution in [0.2, 0.25) is 0 Å². The molecule has 19 heavy (non-hydrogen) atoms. The molecule has 0 N–H and O–H groups in total. The van der Waals surface area contributed by atoms with E-state index in [0.29, 0.717) is 12.0 Å². The van der Waals surface area contributed by atoms with Gasteiger partial charge in [-0.1, -0.05) is 24.8 Å². The minimum atomic E-state index is 0.343. The van der Waals surface area contributed by atoms with Gasteiger partial charge in [-0.25, -0.2) is 0 Å². The quantitative estimate of drug-likeness (QED) is 0.569. The Hall–Kier alpha value is -1.13. The van der Waals surface area contributed by atoms with Gasteiger partial charge in [0, 0.05) is 0 Å². The summed E-state index contributed by atoms with van der Waals surface area (Å²) in [6.45, 7) is 4.39. The fourth-order valence-electron chi connectivity index (χ4n) is 2.50. The lowest BCUT2D eigenvalue weighted by Gasteiger charge is -2.27. The Bertz CT molecular complexity index is 476. The highest BCUT2D eigenvalue weighted by atomic mass is 35.5. The monoisotopic (exact) mass is 276 g/mol. The molecule has 0 aliphatic heterocycles. The van der Waals surface area contributed by atoms with Crippen LogP contribution in [0, 0.1) is 24.7 Å². The molecular weight excluding hydrogens is 256 g/mol.